The van der Waals surface area contributed by atoms with Gasteiger partial charge in [0.2, 0.25) is 10.0 Å². The van der Waals surface area contributed by atoms with Gasteiger partial charge in [-0.1, -0.05) is 24.4 Å². The monoisotopic (exact) mass is 434 g/mol. The number of rotatable bonds is 5. The zero-order valence-corrected chi connectivity index (χ0v) is 17.1. The summed E-state index contributed by atoms with van der Waals surface area (Å²) < 4.78 is 54.5. The zero-order chi connectivity index (χ0) is 18.8. The van der Waals surface area contributed by atoms with Crippen molar-refractivity contribution < 1.29 is 16.8 Å². The van der Waals surface area contributed by atoms with Crippen LogP contribution in [0.5, 0.6) is 0 Å². The van der Waals surface area contributed by atoms with Crippen LogP contribution in [-0.2, 0) is 20.0 Å². The smallest absolute Gasteiger partial charge is 0.271 e. The van der Waals surface area contributed by atoms with Gasteiger partial charge in [0.15, 0.2) is 0 Å². The van der Waals surface area contributed by atoms with Crippen molar-refractivity contribution in [3.05, 3.63) is 40.7 Å². The van der Waals surface area contributed by atoms with E-state index in [1.165, 1.54) is 40.7 Å². The van der Waals surface area contributed by atoms with Gasteiger partial charge in [0.1, 0.15) is 4.21 Å². The second kappa shape index (κ2) is 7.85. The summed E-state index contributed by atoms with van der Waals surface area (Å²) in [6.07, 6.45) is 3.81. The summed E-state index contributed by atoms with van der Waals surface area (Å²) in [4.78, 5) is 0.168. The molecule has 1 fully saturated rings. The summed E-state index contributed by atoms with van der Waals surface area (Å²) in [6, 6.07) is 8.71. The van der Waals surface area contributed by atoms with Gasteiger partial charge in [0.25, 0.3) is 10.0 Å². The van der Waals surface area contributed by atoms with Gasteiger partial charge in [-0.05, 0) is 49.2 Å². The van der Waals surface area contributed by atoms with Crippen molar-refractivity contribution in [3.8, 4) is 0 Å². The molecule has 10 heteroatoms. The van der Waals surface area contributed by atoms with Gasteiger partial charge in [-0.2, -0.15) is 4.31 Å². The fraction of sp³-hybridized carbons (Fsp3) is 0.375. The maximum Gasteiger partial charge on any atom is 0.271 e. The molecule has 2 heterocycles. The van der Waals surface area contributed by atoms with Gasteiger partial charge in [-0.3, -0.25) is 4.72 Å². The Bertz CT molecular complexity index is 961. The standard InChI is InChI=1S/C16H19ClN2O4S3/c17-15-9-10-16(24-15)25(20,21)18-13-5-7-14(8-6-13)26(22,23)19-11-3-1-2-4-12-19/h5-10,18H,1-4,11-12H2. The molecular formula is C16H19ClN2O4S3. The second-order valence-electron chi connectivity index (χ2n) is 6.01. The molecule has 26 heavy (non-hydrogen) atoms. The Kier molecular flexibility index (Phi) is 5.93. The number of benzene rings is 1. The molecule has 0 aliphatic carbocycles. The maximum atomic E-state index is 12.7. The first-order valence-corrected chi connectivity index (χ1v) is 12.3. The van der Waals surface area contributed by atoms with Crippen LogP contribution in [0.25, 0.3) is 0 Å². The number of nitrogens with one attached hydrogen (secondary N) is 1. The predicted molar refractivity (Wildman–Crippen MR) is 104 cm³/mol. The molecule has 1 aromatic heterocycles. The summed E-state index contributed by atoms with van der Waals surface area (Å²) in [6.45, 7) is 1.05. The lowest BCUT2D eigenvalue weighted by Crippen LogP contribution is -2.31. The van der Waals surface area contributed by atoms with Crippen LogP contribution in [0.4, 0.5) is 5.69 Å². The fourth-order valence-electron chi connectivity index (χ4n) is 2.77. The van der Waals surface area contributed by atoms with E-state index >= 15 is 0 Å². The molecule has 0 radical (unpaired) electrons. The number of thiophene rings is 1. The minimum Gasteiger partial charge on any atom is -0.279 e. The van der Waals surface area contributed by atoms with E-state index in [4.69, 9.17) is 11.6 Å². The largest absolute Gasteiger partial charge is 0.279 e. The molecule has 1 saturated heterocycles. The van der Waals surface area contributed by atoms with Crippen molar-refractivity contribution >= 4 is 48.7 Å². The van der Waals surface area contributed by atoms with E-state index in [1.54, 1.807) is 0 Å². The van der Waals surface area contributed by atoms with E-state index in [1.807, 2.05) is 0 Å². The molecule has 1 aliphatic rings. The molecule has 142 valence electrons. The Balaban J connectivity index is 1.78. The Morgan fingerprint density at radius 2 is 1.50 bits per heavy atom. The average molecular weight is 435 g/mol. The highest BCUT2D eigenvalue weighted by Crippen LogP contribution is 2.28. The van der Waals surface area contributed by atoms with Gasteiger partial charge in [0.05, 0.1) is 9.23 Å². The Morgan fingerprint density at radius 1 is 0.885 bits per heavy atom. The maximum absolute atomic E-state index is 12.7. The van der Waals surface area contributed by atoms with Gasteiger partial charge in [0, 0.05) is 18.8 Å². The third-order valence-corrected chi connectivity index (χ3v) is 9.14. The van der Waals surface area contributed by atoms with E-state index in [-0.39, 0.29) is 9.10 Å². The first-order chi connectivity index (χ1) is 12.3. The molecule has 0 unspecified atom stereocenters. The summed E-state index contributed by atoms with van der Waals surface area (Å²) in [5, 5.41) is 0. The molecule has 1 aliphatic heterocycles. The Morgan fingerprint density at radius 3 is 2.04 bits per heavy atom. The highest BCUT2D eigenvalue weighted by molar-refractivity contribution is 7.94. The lowest BCUT2D eigenvalue weighted by atomic mass is 10.2. The van der Waals surface area contributed by atoms with Crippen LogP contribution in [0.1, 0.15) is 25.7 Å². The normalized spacial score (nSPS) is 17.0. The van der Waals surface area contributed by atoms with E-state index in [0.29, 0.717) is 23.1 Å². The highest BCUT2D eigenvalue weighted by atomic mass is 35.5. The molecule has 0 bridgehead atoms. The lowest BCUT2D eigenvalue weighted by molar-refractivity contribution is 0.424. The van der Waals surface area contributed by atoms with E-state index in [2.05, 4.69) is 4.72 Å². The van der Waals surface area contributed by atoms with Gasteiger partial charge >= 0.3 is 0 Å². The molecule has 3 rings (SSSR count). The molecule has 0 atom stereocenters. The fourth-order valence-corrected chi connectivity index (χ4v) is 6.83. The third kappa shape index (κ3) is 4.40. The average Bonchev–Trinajstić information content (AvgIpc) is 2.86. The minimum atomic E-state index is -3.74. The van der Waals surface area contributed by atoms with Gasteiger partial charge < -0.3 is 0 Å². The van der Waals surface area contributed by atoms with Crippen LogP contribution in [0, 0.1) is 0 Å². The van der Waals surface area contributed by atoms with Crippen LogP contribution in [0.3, 0.4) is 0 Å². The minimum absolute atomic E-state index is 0.101. The molecule has 1 N–H and O–H groups in total. The van der Waals surface area contributed by atoms with Gasteiger partial charge in [-0.25, -0.2) is 16.8 Å². The lowest BCUT2D eigenvalue weighted by Gasteiger charge is -2.20. The SMILES string of the molecule is O=S(=O)(Nc1ccc(S(=O)(=O)N2CCCCCC2)cc1)c1ccc(Cl)s1. The molecule has 0 amide bonds. The van der Waals surface area contributed by atoms with Crippen molar-refractivity contribution in [2.75, 3.05) is 17.8 Å². The highest BCUT2D eigenvalue weighted by Gasteiger charge is 2.25. The van der Waals surface area contributed by atoms with Crippen molar-refractivity contribution in [3.63, 3.8) is 0 Å². The van der Waals surface area contributed by atoms with Crippen molar-refractivity contribution in [1.82, 2.24) is 4.31 Å². The Hall–Kier alpha value is -1.13. The summed E-state index contributed by atoms with van der Waals surface area (Å²) >= 11 is 6.74. The summed E-state index contributed by atoms with van der Waals surface area (Å²) in [7, 11) is -7.30. The molecule has 2 aromatic rings. The molecule has 0 spiro atoms. The number of sulfonamides is 2. The summed E-state index contributed by atoms with van der Waals surface area (Å²) in [5.41, 5.74) is 0.296. The van der Waals surface area contributed by atoms with Crippen molar-refractivity contribution in [2.24, 2.45) is 0 Å². The predicted octanol–water partition coefficient (Wildman–Crippen LogP) is 3.77. The van der Waals surface area contributed by atoms with E-state index in [9.17, 15) is 16.8 Å². The van der Waals surface area contributed by atoms with Crippen LogP contribution >= 0.6 is 22.9 Å². The van der Waals surface area contributed by atoms with Crippen LogP contribution < -0.4 is 4.72 Å². The van der Waals surface area contributed by atoms with Crippen LogP contribution in [0.15, 0.2) is 45.5 Å². The number of hydrogen-bond donors (Lipinski definition) is 1. The molecular weight excluding hydrogens is 416 g/mol. The number of anilines is 1. The van der Waals surface area contributed by atoms with Crippen molar-refractivity contribution in [1.29, 1.82) is 0 Å². The molecule has 0 saturated carbocycles. The van der Waals surface area contributed by atoms with Crippen LogP contribution in [0.2, 0.25) is 4.34 Å². The van der Waals surface area contributed by atoms with Crippen molar-refractivity contribution in [2.45, 2.75) is 34.8 Å². The van der Waals surface area contributed by atoms with E-state index in [0.717, 1.165) is 37.0 Å². The van der Waals surface area contributed by atoms with E-state index < -0.39 is 20.0 Å². The number of nitrogens with zero attached hydrogens (tertiary/aromatic N) is 1. The topological polar surface area (TPSA) is 83.5 Å². The number of hydrogen-bond acceptors (Lipinski definition) is 5. The quantitative estimate of drug-likeness (QED) is 0.776. The number of halogens is 1. The third-order valence-electron chi connectivity index (χ3n) is 4.12. The first kappa shape index (κ1) is 19.6. The zero-order valence-electron chi connectivity index (χ0n) is 13.9. The van der Waals surface area contributed by atoms with Gasteiger partial charge in [-0.15, -0.1) is 11.3 Å². The second-order valence-corrected chi connectivity index (χ2v) is 11.6. The molecule has 6 nitrogen and oxygen atoms in total. The first-order valence-electron chi connectivity index (χ1n) is 8.17. The summed E-state index contributed by atoms with van der Waals surface area (Å²) in [5.74, 6) is 0. The van der Waals surface area contributed by atoms with Crippen LogP contribution in [-0.4, -0.2) is 34.2 Å². The molecule has 1 aromatic carbocycles. The Labute approximate surface area is 162 Å².